The molecule has 1 aliphatic rings. The van der Waals surface area contributed by atoms with Gasteiger partial charge in [-0.25, -0.2) is 9.97 Å². The van der Waals surface area contributed by atoms with Crippen LogP contribution in [-0.2, 0) is 13.5 Å². The average molecular weight is 315 g/mol. The molecule has 0 spiro atoms. The van der Waals surface area contributed by atoms with E-state index in [2.05, 4.69) is 27.3 Å². The lowest BCUT2D eigenvalue weighted by Crippen LogP contribution is -2.36. The van der Waals surface area contributed by atoms with Crippen LogP contribution in [0.15, 0.2) is 18.5 Å². The summed E-state index contributed by atoms with van der Waals surface area (Å²) in [5.74, 6) is 2.14. The fourth-order valence-corrected chi connectivity index (χ4v) is 3.17. The van der Waals surface area contributed by atoms with E-state index in [4.69, 9.17) is 0 Å². The van der Waals surface area contributed by atoms with E-state index in [0.717, 1.165) is 48.6 Å². The van der Waals surface area contributed by atoms with Crippen LogP contribution in [0, 0.1) is 12.8 Å². The summed E-state index contributed by atoms with van der Waals surface area (Å²) in [5, 5.41) is 17.5. The quantitative estimate of drug-likeness (QED) is 0.856. The Morgan fingerprint density at radius 3 is 2.78 bits per heavy atom. The molecule has 3 rings (SSSR count). The number of nitrogens with zero attached hydrogens (tertiary/aromatic N) is 4. The SMILES string of the molecule is CCCc1nc(C)cc(N[C@@H](c2cnn(C)c2)C2CC(O)C2)n1. The van der Waals surface area contributed by atoms with E-state index in [9.17, 15) is 5.11 Å². The largest absolute Gasteiger partial charge is 0.393 e. The van der Waals surface area contributed by atoms with Crippen molar-refractivity contribution in [2.75, 3.05) is 5.32 Å². The van der Waals surface area contributed by atoms with Crippen LogP contribution in [0.5, 0.6) is 0 Å². The number of nitrogens with one attached hydrogen (secondary N) is 1. The Balaban J connectivity index is 1.83. The molecule has 0 radical (unpaired) electrons. The highest BCUT2D eigenvalue weighted by Gasteiger charge is 2.35. The van der Waals surface area contributed by atoms with Crippen molar-refractivity contribution in [1.82, 2.24) is 19.7 Å². The van der Waals surface area contributed by atoms with Gasteiger partial charge >= 0.3 is 0 Å². The molecule has 124 valence electrons. The molecule has 0 aliphatic heterocycles. The third-order valence-corrected chi connectivity index (χ3v) is 4.38. The Morgan fingerprint density at radius 2 is 2.17 bits per heavy atom. The van der Waals surface area contributed by atoms with Crippen LogP contribution in [0.25, 0.3) is 0 Å². The molecule has 0 unspecified atom stereocenters. The number of hydrogen-bond acceptors (Lipinski definition) is 5. The van der Waals surface area contributed by atoms with Crippen LogP contribution in [0.3, 0.4) is 0 Å². The van der Waals surface area contributed by atoms with Gasteiger partial charge in [0.05, 0.1) is 18.3 Å². The Labute approximate surface area is 137 Å². The molecule has 0 aromatic carbocycles. The van der Waals surface area contributed by atoms with Gasteiger partial charge in [-0.15, -0.1) is 0 Å². The lowest BCUT2D eigenvalue weighted by Gasteiger charge is -2.38. The average Bonchev–Trinajstić information content (AvgIpc) is 2.88. The van der Waals surface area contributed by atoms with Gasteiger partial charge in [-0.05, 0) is 32.1 Å². The molecule has 2 aromatic heterocycles. The van der Waals surface area contributed by atoms with Gasteiger partial charge in [-0.1, -0.05) is 6.92 Å². The fraction of sp³-hybridized carbons (Fsp3) is 0.588. The van der Waals surface area contributed by atoms with E-state index >= 15 is 0 Å². The Morgan fingerprint density at radius 1 is 1.39 bits per heavy atom. The van der Waals surface area contributed by atoms with E-state index in [0.29, 0.717) is 5.92 Å². The number of aliphatic hydroxyl groups is 1. The normalized spacial score (nSPS) is 21.7. The monoisotopic (exact) mass is 315 g/mol. The first-order valence-electron chi connectivity index (χ1n) is 8.33. The topological polar surface area (TPSA) is 75.9 Å². The first-order chi connectivity index (χ1) is 11.0. The summed E-state index contributed by atoms with van der Waals surface area (Å²) in [7, 11) is 1.92. The summed E-state index contributed by atoms with van der Waals surface area (Å²) >= 11 is 0. The molecular weight excluding hydrogens is 290 g/mol. The van der Waals surface area contributed by atoms with Crippen molar-refractivity contribution in [3.8, 4) is 0 Å². The lowest BCUT2D eigenvalue weighted by molar-refractivity contribution is 0.0339. The molecule has 23 heavy (non-hydrogen) atoms. The smallest absolute Gasteiger partial charge is 0.130 e. The highest BCUT2D eigenvalue weighted by atomic mass is 16.3. The van der Waals surface area contributed by atoms with E-state index in [1.807, 2.05) is 37.1 Å². The van der Waals surface area contributed by atoms with Crippen molar-refractivity contribution >= 4 is 5.82 Å². The standard InChI is InChI=1S/C17H25N5O/c1-4-5-15-19-11(2)6-16(20-15)21-17(12-7-14(23)8-12)13-9-18-22(3)10-13/h6,9-10,12,14,17,23H,4-5,7-8H2,1-3H3,(H,19,20,21)/t12?,14?,17-/m1/s1. The molecule has 2 heterocycles. The van der Waals surface area contributed by atoms with E-state index in [-0.39, 0.29) is 12.1 Å². The molecule has 1 aliphatic carbocycles. The third-order valence-electron chi connectivity index (χ3n) is 4.38. The molecule has 2 aromatic rings. The molecule has 6 heteroatoms. The van der Waals surface area contributed by atoms with Crippen molar-refractivity contribution < 1.29 is 5.11 Å². The Kier molecular flexibility index (Phi) is 4.61. The minimum absolute atomic E-state index is 0.121. The second-order valence-electron chi connectivity index (χ2n) is 6.52. The van der Waals surface area contributed by atoms with E-state index < -0.39 is 0 Å². The van der Waals surface area contributed by atoms with Crippen LogP contribution in [0.1, 0.15) is 49.3 Å². The zero-order valence-corrected chi connectivity index (χ0v) is 14.0. The summed E-state index contributed by atoms with van der Waals surface area (Å²) < 4.78 is 1.81. The maximum Gasteiger partial charge on any atom is 0.130 e. The second kappa shape index (κ2) is 6.66. The number of aliphatic hydroxyl groups excluding tert-OH is 1. The third kappa shape index (κ3) is 3.69. The molecule has 6 nitrogen and oxygen atoms in total. The first-order valence-corrected chi connectivity index (χ1v) is 8.33. The zero-order valence-electron chi connectivity index (χ0n) is 14.0. The number of aryl methyl sites for hydroxylation is 3. The van der Waals surface area contributed by atoms with E-state index in [1.165, 1.54) is 0 Å². The van der Waals surface area contributed by atoms with Gasteiger partial charge in [0.25, 0.3) is 0 Å². The highest BCUT2D eigenvalue weighted by Crippen LogP contribution is 2.39. The lowest BCUT2D eigenvalue weighted by atomic mass is 9.75. The van der Waals surface area contributed by atoms with Crippen LogP contribution < -0.4 is 5.32 Å². The second-order valence-corrected chi connectivity index (χ2v) is 6.52. The summed E-state index contributed by atoms with van der Waals surface area (Å²) in [6.45, 7) is 4.13. The highest BCUT2D eigenvalue weighted by molar-refractivity contribution is 5.39. The van der Waals surface area contributed by atoms with Gasteiger partial charge < -0.3 is 10.4 Å². The fourth-order valence-electron chi connectivity index (χ4n) is 3.17. The minimum Gasteiger partial charge on any atom is -0.393 e. The minimum atomic E-state index is -0.177. The number of rotatable bonds is 6. The molecule has 1 fully saturated rings. The number of aromatic nitrogens is 4. The van der Waals surface area contributed by atoms with Gasteiger partial charge in [0.15, 0.2) is 0 Å². The van der Waals surface area contributed by atoms with Crippen molar-refractivity contribution in [3.05, 3.63) is 35.5 Å². The summed E-state index contributed by atoms with van der Waals surface area (Å²) in [6.07, 6.45) is 7.30. The van der Waals surface area contributed by atoms with Crippen molar-refractivity contribution in [1.29, 1.82) is 0 Å². The zero-order chi connectivity index (χ0) is 16.4. The van der Waals surface area contributed by atoms with Gasteiger partial charge in [0, 0.05) is 37.0 Å². The molecular formula is C17H25N5O. The summed E-state index contributed by atoms with van der Waals surface area (Å²) in [5.41, 5.74) is 2.11. The van der Waals surface area contributed by atoms with Crippen molar-refractivity contribution in [2.45, 2.75) is 51.7 Å². The molecule has 0 amide bonds. The number of hydrogen-bond donors (Lipinski definition) is 2. The molecule has 1 saturated carbocycles. The van der Waals surface area contributed by atoms with Gasteiger partial charge in [0.1, 0.15) is 11.6 Å². The van der Waals surface area contributed by atoms with Crippen LogP contribution >= 0.6 is 0 Å². The molecule has 2 N–H and O–H groups in total. The van der Waals surface area contributed by atoms with Crippen molar-refractivity contribution in [2.24, 2.45) is 13.0 Å². The molecule has 0 bridgehead atoms. The van der Waals surface area contributed by atoms with E-state index in [1.54, 1.807) is 0 Å². The summed E-state index contributed by atoms with van der Waals surface area (Å²) in [6, 6.07) is 2.10. The van der Waals surface area contributed by atoms with Crippen LogP contribution in [0.2, 0.25) is 0 Å². The Hall–Kier alpha value is -1.95. The van der Waals surface area contributed by atoms with Crippen molar-refractivity contribution in [3.63, 3.8) is 0 Å². The molecule has 0 saturated heterocycles. The summed E-state index contributed by atoms with van der Waals surface area (Å²) in [4.78, 5) is 9.13. The Bertz CT molecular complexity index is 663. The predicted octanol–water partition coefficient (Wildman–Crippen LogP) is 2.40. The maximum absolute atomic E-state index is 9.67. The van der Waals surface area contributed by atoms with Gasteiger partial charge in [-0.2, -0.15) is 5.10 Å². The maximum atomic E-state index is 9.67. The van der Waals surface area contributed by atoms with Gasteiger partial charge in [-0.3, -0.25) is 4.68 Å². The first kappa shape index (κ1) is 15.9. The van der Waals surface area contributed by atoms with Crippen LogP contribution in [-0.4, -0.2) is 31.0 Å². The van der Waals surface area contributed by atoms with Gasteiger partial charge in [0.2, 0.25) is 0 Å². The molecule has 1 atom stereocenters. The number of anilines is 1. The predicted molar refractivity (Wildman–Crippen MR) is 89.1 cm³/mol. The van der Waals surface area contributed by atoms with Crippen LogP contribution in [0.4, 0.5) is 5.82 Å².